The lowest BCUT2D eigenvalue weighted by atomic mass is 10.1. The normalized spacial score (nSPS) is 10.2. The molecule has 0 atom stereocenters. The van der Waals surface area contributed by atoms with Gasteiger partial charge in [-0.1, -0.05) is 30.4 Å². The number of aromatic nitrogens is 1. The van der Waals surface area contributed by atoms with E-state index in [1.807, 2.05) is 37.4 Å². The molecular weight excluding hydrogens is 322 g/mol. The van der Waals surface area contributed by atoms with E-state index in [0.717, 1.165) is 28.0 Å². The number of pyridine rings is 1. The number of hydrogen-bond acceptors (Lipinski definition) is 3. The van der Waals surface area contributed by atoms with Gasteiger partial charge in [-0.3, -0.25) is 0 Å². The first-order valence-electron chi connectivity index (χ1n) is 5.78. The molecule has 0 amide bonds. The van der Waals surface area contributed by atoms with Gasteiger partial charge in [-0.2, -0.15) is 0 Å². The van der Waals surface area contributed by atoms with Crippen molar-refractivity contribution in [3.63, 3.8) is 0 Å². The fourth-order valence-electron chi connectivity index (χ4n) is 1.83. The summed E-state index contributed by atoms with van der Waals surface area (Å²) in [5, 5.41) is 0. The number of hydrogen-bond donors (Lipinski definition) is 1. The van der Waals surface area contributed by atoms with Gasteiger partial charge in [0.2, 0.25) is 0 Å². The molecule has 1 aromatic heterocycles. The second-order valence-corrected chi connectivity index (χ2v) is 5.52. The van der Waals surface area contributed by atoms with Crippen LogP contribution in [0.25, 0.3) is 0 Å². The van der Waals surface area contributed by atoms with Crippen molar-refractivity contribution in [1.82, 2.24) is 4.98 Å². The Labute approximate surface area is 126 Å². The number of nitrogens with zero attached hydrogens (tertiary/aromatic N) is 2. The number of halogens is 1. The van der Waals surface area contributed by atoms with E-state index in [4.69, 9.17) is 18.0 Å². The molecule has 0 aliphatic rings. The van der Waals surface area contributed by atoms with E-state index < -0.39 is 0 Å². The first-order chi connectivity index (χ1) is 9.08. The molecule has 2 rings (SSSR count). The smallest absolute Gasteiger partial charge is 0.142 e. The van der Waals surface area contributed by atoms with Gasteiger partial charge < -0.3 is 10.6 Å². The minimum absolute atomic E-state index is 0.420. The zero-order chi connectivity index (χ0) is 13.8. The van der Waals surface area contributed by atoms with Gasteiger partial charge >= 0.3 is 0 Å². The molecule has 0 unspecified atom stereocenters. The Morgan fingerprint density at radius 1 is 1.37 bits per heavy atom. The van der Waals surface area contributed by atoms with Crippen LogP contribution in [-0.2, 0) is 6.54 Å². The Morgan fingerprint density at radius 3 is 2.84 bits per heavy atom. The van der Waals surface area contributed by atoms with Gasteiger partial charge in [0.05, 0.1) is 4.47 Å². The van der Waals surface area contributed by atoms with Gasteiger partial charge in [0.1, 0.15) is 10.8 Å². The van der Waals surface area contributed by atoms with E-state index in [0.29, 0.717) is 4.99 Å². The van der Waals surface area contributed by atoms with Crippen molar-refractivity contribution in [3.8, 4) is 0 Å². The van der Waals surface area contributed by atoms with Gasteiger partial charge in [0.25, 0.3) is 0 Å². The van der Waals surface area contributed by atoms with Crippen molar-refractivity contribution in [2.45, 2.75) is 6.54 Å². The summed E-state index contributed by atoms with van der Waals surface area (Å²) < 4.78 is 0.975. The van der Waals surface area contributed by atoms with Crippen molar-refractivity contribution in [3.05, 3.63) is 58.2 Å². The highest BCUT2D eigenvalue weighted by molar-refractivity contribution is 9.10. The van der Waals surface area contributed by atoms with Crippen LogP contribution in [-0.4, -0.2) is 17.0 Å². The summed E-state index contributed by atoms with van der Waals surface area (Å²) in [4.78, 5) is 6.85. The number of anilines is 1. The van der Waals surface area contributed by atoms with Gasteiger partial charge in [-0.15, -0.1) is 0 Å². The summed E-state index contributed by atoms with van der Waals surface area (Å²) in [6, 6.07) is 11.8. The Balaban J connectivity index is 2.19. The quantitative estimate of drug-likeness (QED) is 0.871. The summed E-state index contributed by atoms with van der Waals surface area (Å²) in [5.74, 6) is 0.906. The van der Waals surface area contributed by atoms with Crippen LogP contribution in [0.3, 0.4) is 0 Å². The fraction of sp³-hybridized carbons (Fsp3) is 0.143. The number of thiocarbonyl (C=S) groups is 1. The Morgan fingerprint density at radius 2 is 2.16 bits per heavy atom. The lowest BCUT2D eigenvalue weighted by Gasteiger charge is -2.19. The maximum atomic E-state index is 5.65. The van der Waals surface area contributed by atoms with Crippen molar-refractivity contribution in [2.24, 2.45) is 5.73 Å². The lowest BCUT2D eigenvalue weighted by Crippen LogP contribution is -2.18. The minimum Gasteiger partial charge on any atom is -0.389 e. The molecule has 0 bridgehead atoms. The van der Waals surface area contributed by atoms with Crippen molar-refractivity contribution in [1.29, 1.82) is 0 Å². The van der Waals surface area contributed by atoms with Crippen molar-refractivity contribution in [2.75, 3.05) is 11.9 Å². The third-order valence-corrected chi connectivity index (χ3v) is 3.59. The standard InChI is InChI=1S/C14H14BrN3S/c1-18(14-12(15)6-3-7-17-14)9-10-4-2-5-11(8-10)13(16)19/h2-8H,9H2,1H3,(H2,16,19). The van der Waals surface area contributed by atoms with Crippen LogP contribution in [0.2, 0.25) is 0 Å². The summed E-state index contributed by atoms with van der Waals surface area (Å²) in [6.07, 6.45) is 1.78. The number of rotatable bonds is 4. The maximum Gasteiger partial charge on any atom is 0.142 e. The van der Waals surface area contributed by atoms with Crippen LogP contribution >= 0.6 is 28.1 Å². The second kappa shape index (κ2) is 6.12. The Hall–Kier alpha value is -1.46. The molecule has 98 valence electrons. The molecule has 2 aromatic rings. The van der Waals surface area contributed by atoms with Crippen molar-refractivity contribution < 1.29 is 0 Å². The highest BCUT2D eigenvalue weighted by Crippen LogP contribution is 2.23. The number of benzene rings is 1. The Kier molecular flexibility index (Phi) is 4.50. The zero-order valence-electron chi connectivity index (χ0n) is 10.5. The molecule has 1 aromatic carbocycles. The van der Waals surface area contributed by atoms with Gasteiger partial charge in [0.15, 0.2) is 0 Å². The average Bonchev–Trinajstić information content (AvgIpc) is 2.39. The van der Waals surface area contributed by atoms with Crippen LogP contribution in [0.5, 0.6) is 0 Å². The molecule has 2 N–H and O–H groups in total. The van der Waals surface area contributed by atoms with E-state index in [-0.39, 0.29) is 0 Å². The summed E-state index contributed by atoms with van der Waals surface area (Å²) in [7, 11) is 2.00. The first-order valence-corrected chi connectivity index (χ1v) is 6.98. The lowest BCUT2D eigenvalue weighted by molar-refractivity contribution is 0.894. The monoisotopic (exact) mass is 335 g/mol. The fourth-order valence-corrected chi connectivity index (χ4v) is 2.51. The number of nitrogens with two attached hydrogens (primary N) is 1. The second-order valence-electron chi connectivity index (χ2n) is 4.23. The van der Waals surface area contributed by atoms with Crippen LogP contribution in [0.4, 0.5) is 5.82 Å². The van der Waals surface area contributed by atoms with Crippen molar-refractivity contribution >= 4 is 39.0 Å². The van der Waals surface area contributed by atoms with E-state index in [2.05, 4.69) is 31.9 Å². The average molecular weight is 336 g/mol. The molecule has 1 heterocycles. The van der Waals surface area contributed by atoms with E-state index in [1.165, 1.54) is 0 Å². The molecule has 0 radical (unpaired) electrons. The maximum absolute atomic E-state index is 5.65. The van der Waals surface area contributed by atoms with E-state index >= 15 is 0 Å². The zero-order valence-corrected chi connectivity index (χ0v) is 12.9. The highest BCUT2D eigenvalue weighted by atomic mass is 79.9. The molecule has 5 heteroatoms. The van der Waals surface area contributed by atoms with Gasteiger partial charge in [-0.05, 0) is 39.7 Å². The summed E-state index contributed by atoms with van der Waals surface area (Å²) in [6.45, 7) is 0.742. The van der Waals surface area contributed by atoms with Gasteiger partial charge in [0, 0.05) is 25.4 Å². The Bertz CT molecular complexity index is 601. The SMILES string of the molecule is CN(Cc1cccc(C(N)=S)c1)c1ncccc1Br. The third-order valence-electron chi connectivity index (χ3n) is 2.73. The molecule has 0 aliphatic carbocycles. The van der Waals surface area contributed by atoms with E-state index in [1.54, 1.807) is 6.20 Å². The van der Waals surface area contributed by atoms with Crippen LogP contribution in [0.15, 0.2) is 47.1 Å². The topological polar surface area (TPSA) is 42.1 Å². The molecule has 0 saturated heterocycles. The molecule has 0 spiro atoms. The van der Waals surface area contributed by atoms with Crippen LogP contribution in [0.1, 0.15) is 11.1 Å². The molecule has 19 heavy (non-hydrogen) atoms. The predicted octanol–water partition coefficient (Wildman–Crippen LogP) is 3.11. The molecule has 3 nitrogen and oxygen atoms in total. The largest absolute Gasteiger partial charge is 0.389 e. The highest BCUT2D eigenvalue weighted by Gasteiger charge is 2.07. The van der Waals surface area contributed by atoms with E-state index in [9.17, 15) is 0 Å². The van der Waals surface area contributed by atoms with Crippen LogP contribution < -0.4 is 10.6 Å². The first kappa shape index (κ1) is 14.0. The third kappa shape index (κ3) is 3.52. The molecule has 0 fully saturated rings. The molecule has 0 saturated carbocycles. The molecular formula is C14H14BrN3S. The molecule has 0 aliphatic heterocycles. The van der Waals surface area contributed by atoms with Crippen LogP contribution in [0, 0.1) is 0 Å². The summed E-state index contributed by atoms with van der Waals surface area (Å²) in [5.41, 5.74) is 7.68. The summed E-state index contributed by atoms with van der Waals surface area (Å²) >= 11 is 8.50. The van der Waals surface area contributed by atoms with Gasteiger partial charge in [-0.25, -0.2) is 4.98 Å². The predicted molar refractivity (Wildman–Crippen MR) is 86.4 cm³/mol. The minimum atomic E-state index is 0.420.